The predicted octanol–water partition coefficient (Wildman–Crippen LogP) is 2.10. The summed E-state index contributed by atoms with van der Waals surface area (Å²) in [6, 6.07) is 4.64. The van der Waals surface area contributed by atoms with Crippen LogP contribution in [0.1, 0.15) is 26.5 Å². The Hall–Kier alpha value is -0.590. The van der Waals surface area contributed by atoms with Gasteiger partial charge in [0.05, 0.1) is 5.69 Å². The monoisotopic (exact) mass is 354 g/mol. The first-order valence-corrected chi connectivity index (χ1v) is 9.39. The second-order valence-electron chi connectivity index (χ2n) is 3.87. The summed E-state index contributed by atoms with van der Waals surface area (Å²) in [5, 5.41) is -1.99. The van der Waals surface area contributed by atoms with Gasteiger partial charge in [-0.15, -0.1) is 0 Å². The Morgan fingerprint density at radius 2 is 1.95 bits per heavy atom. The normalized spacial score (nSPS) is 16.6. The number of nitrogens with zero attached hydrogens (tertiary/aromatic N) is 1. The zero-order valence-corrected chi connectivity index (χ0v) is 15.0. The molecule has 0 saturated heterocycles. The van der Waals surface area contributed by atoms with E-state index in [1.807, 2.05) is 13.8 Å². The van der Waals surface area contributed by atoms with Crippen molar-refractivity contribution in [3.63, 3.8) is 0 Å². The van der Waals surface area contributed by atoms with Gasteiger partial charge in [-0.25, -0.2) is 10.5 Å². The van der Waals surface area contributed by atoms with E-state index in [0.717, 1.165) is 13.2 Å². The van der Waals surface area contributed by atoms with Crippen LogP contribution < -0.4 is 5.90 Å². The lowest BCUT2D eigenvalue weighted by atomic mass is 10.3. The lowest BCUT2D eigenvalue weighted by molar-refractivity contribution is 0.0549. The highest BCUT2D eigenvalue weighted by Crippen LogP contribution is 2.65. The van der Waals surface area contributed by atoms with Gasteiger partial charge in [0.15, 0.2) is 0 Å². The van der Waals surface area contributed by atoms with Gasteiger partial charge < -0.3 is 18.9 Å². The van der Waals surface area contributed by atoms with Crippen molar-refractivity contribution in [1.29, 1.82) is 0 Å². The minimum Gasteiger partial charge on any atom is -0.382 e. The van der Waals surface area contributed by atoms with Crippen molar-refractivity contribution in [2.75, 3.05) is 19.8 Å². The van der Waals surface area contributed by atoms with Gasteiger partial charge in [0.1, 0.15) is 8.46 Å². The van der Waals surface area contributed by atoms with Crippen molar-refractivity contribution in [3.8, 4) is 0 Å². The van der Waals surface area contributed by atoms with Crippen LogP contribution in [-0.4, -0.2) is 29.7 Å². The minimum atomic E-state index is -4.44. The van der Waals surface area contributed by atoms with Crippen molar-refractivity contribution in [3.05, 3.63) is 30.1 Å². The van der Waals surface area contributed by atoms with Crippen LogP contribution in [0.5, 0.6) is 0 Å². The first-order valence-electron chi connectivity index (χ1n) is 6.76. The molecule has 1 rings (SSSR count). The molecule has 0 saturated carbocycles. The second kappa shape index (κ2) is 11.0. The molecular weight excluding hydrogens is 330 g/mol. The fourth-order valence-electron chi connectivity index (χ4n) is 1.54. The molecule has 0 fully saturated rings. The third-order valence-electron chi connectivity index (χ3n) is 2.53. The molecule has 22 heavy (non-hydrogen) atoms. The van der Waals surface area contributed by atoms with Gasteiger partial charge in [0.2, 0.25) is 0 Å². The highest BCUT2D eigenvalue weighted by molar-refractivity contribution is 7.63. The third kappa shape index (κ3) is 5.56. The Bertz CT molecular complexity index is 474. The number of aromatic nitrogens is 1. The molecule has 3 unspecified atom stereocenters. The van der Waals surface area contributed by atoms with E-state index >= 15 is 0 Å². The summed E-state index contributed by atoms with van der Waals surface area (Å²) in [4.78, 5) is 13.6. The summed E-state index contributed by atoms with van der Waals surface area (Å²) in [7, 11) is -6.26. The van der Waals surface area contributed by atoms with Crippen molar-refractivity contribution in [2.24, 2.45) is 5.90 Å². The molecule has 3 atom stereocenters. The molecular formula is C12H24N2O6P2. The van der Waals surface area contributed by atoms with E-state index in [-0.39, 0.29) is 12.3 Å². The maximum atomic E-state index is 11.9. The van der Waals surface area contributed by atoms with Crippen LogP contribution in [0.25, 0.3) is 0 Å². The molecule has 8 nitrogen and oxygen atoms in total. The Morgan fingerprint density at radius 3 is 2.27 bits per heavy atom. The molecule has 0 bridgehead atoms. The molecule has 10 heteroatoms. The molecule has 0 radical (unpaired) electrons. The largest absolute Gasteiger partial charge is 0.389 e. The number of pyridine rings is 1. The van der Waals surface area contributed by atoms with Crippen LogP contribution in [-0.2, 0) is 28.3 Å². The molecule has 0 aromatic carbocycles. The molecule has 0 aliphatic carbocycles. The average molecular weight is 354 g/mol. The van der Waals surface area contributed by atoms with Crippen molar-refractivity contribution < 1.29 is 28.1 Å². The van der Waals surface area contributed by atoms with E-state index in [1.54, 1.807) is 19.1 Å². The van der Waals surface area contributed by atoms with Gasteiger partial charge in [-0.3, -0.25) is 9.55 Å². The summed E-state index contributed by atoms with van der Waals surface area (Å²) < 4.78 is 37.4. The van der Waals surface area contributed by atoms with E-state index in [2.05, 4.69) is 9.61 Å². The van der Waals surface area contributed by atoms with Crippen molar-refractivity contribution in [1.82, 2.24) is 4.98 Å². The highest BCUT2D eigenvalue weighted by Gasteiger charge is 2.52. The predicted molar refractivity (Wildman–Crippen MR) is 85.2 cm³/mol. The Balaban J connectivity index is 0.000000763. The van der Waals surface area contributed by atoms with E-state index in [1.165, 1.54) is 12.3 Å². The number of hydrogen-bond acceptors (Lipinski definition) is 7. The summed E-state index contributed by atoms with van der Waals surface area (Å²) in [6.07, 6.45) is 1.40. The number of nitrogens with two attached hydrogens (primary N) is 1. The molecule has 1 aromatic heterocycles. The topological polar surface area (TPSA) is 121 Å². The Labute approximate surface area is 131 Å². The maximum absolute atomic E-state index is 11.9. The molecule has 0 amide bonds. The molecule has 1 heterocycles. The lowest BCUT2D eigenvalue weighted by Crippen LogP contribution is -2.27. The first-order chi connectivity index (χ1) is 10.5. The van der Waals surface area contributed by atoms with Crippen LogP contribution in [0.3, 0.4) is 0 Å². The van der Waals surface area contributed by atoms with E-state index < -0.39 is 21.1 Å². The summed E-state index contributed by atoms with van der Waals surface area (Å²) >= 11 is 0. The van der Waals surface area contributed by atoms with E-state index in [4.69, 9.17) is 15.4 Å². The third-order valence-corrected chi connectivity index (χ3v) is 6.09. The minimum absolute atomic E-state index is 0.0585. The van der Waals surface area contributed by atoms with Gasteiger partial charge >= 0.3 is 7.60 Å². The molecule has 1 aromatic rings. The van der Waals surface area contributed by atoms with Crippen LogP contribution in [0.15, 0.2) is 24.4 Å². The zero-order chi connectivity index (χ0) is 17.1. The molecule has 128 valence electrons. The SMILES string of the molecule is CCOC([PH2]=O)(c1ccccn1)P(=O)(O)ON.CCOCC. The van der Waals surface area contributed by atoms with Gasteiger partial charge in [-0.2, -0.15) is 0 Å². The van der Waals surface area contributed by atoms with E-state index in [9.17, 15) is 14.0 Å². The summed E-state index contributed by atoms with van der Waals surface area (Å²) in [5.74, 6) is 4.79. The van der Waals surface area contributed by atoms with Crippen LogP contribution in [0.4, 0.5) is 0 Å². The van der Waals surface area contributed by atoms with Crippen LogP contribution >= 0.6 is 16.1 Å². The smallest absolute Gasteiger partial charge is 0.382 e. The van der Waals surface area contributed by atoms with Gasteiger partial charge in [0, 0.05) is 26.0 Å². The van der Waals surface area contributed by atoms with Crippen molar-refractivity contribution >= 4 is 16.1 Å². The Kier molecular flexibility index (Phi) is 10.7. The molecule has 0 aliphatic heterocycles. The standard InChI is InChI=1S/C8H14N2O5P2.C4H10O/c1-2-14-8(16-11,17(12,13)15-9)7-5-3-4-6-10-7;1-3-5-4-2/h3-6H,2,9,16H2,1H3,(H,12,13);3-4H2,1-2H3. The summed E-state index contributed by atoms with van der Waals surface area (Å²) in [6.45, 7) is 7.34. The Morgan fingerprint density at radius 1 is 1.32 bits per heavy atom. The first kappa shape index (κ1) is 21.4. The fraction of sp³-hybridized carbons (Fsp3) is 0.583. The van der Waals surface area contributed by atoms with E-state index in [0.29, 0.717) is 0 Å². The average Bonchev–Trinajstić information content (AvgIpc) is 2.54. The van der Waals surface area contributed by atoms with Crippen LogP contribution in [0.2, 0.25) is 0 Å². The fourth-order valence-corrected chi connectivity index (χ4v) is 3.65. The van der Waals surface area contributed by atoms with Crippen molar-refractivity contribution in [2.45, 2.75) is 25.9 Å². The number of ether oxygens (including phenoxy) is 2. The maximum Gasteiger partial charge on any atom is 0.389 e. The lowest BCUT2D eigenvalue weighted by Gasteiger charge is -2.29. The summed E-state index contributed by atoms with van der Waals surface area (Å²) in [5.41, 5.74) is 0.0585. The van der Waals surface area contributed by atoms with Gasteiger partial charge in [-0.1, -0.05) is 6.07 Å². The van der Waals surface area contributed by atoms with Gasteiger partial charge in [-0.05, 0) is 32.9 Å². The quantitative estimate of drug-likeness (QED) is 0.538. The molecule has 0 spiro atoms. The second-order valence-corrected chi connectivity index (χ2v) is 7.32. The van der Waals surface area contributed by atoms with Gasteiger partial charge in [0.25, 0.3) is 5.08 Å². The van der Waals surface area contributed by atoms with Crippen LogP contribution in [0, 0.1) is 0 Å². The zero-order valence-electron chi connectivity index (χ0n) is 13.0. The number of rotatable bonds is 8. The molecule has 3 N–H and O–H groups in total. The number of hydrogen-bond donors (Lipinski definition) is 2. The molecule has 0 aliphatic rings. The highest BCUT2D eigenvalue weighted by atomic mass is 31.2.